The van der Waals surface area contributed by atoms with Crippen LogP contribution in [0.4, 0.5) is 0 Å². The Morgan fingerprint density at radius 3 is 1.93 bits per heavy atom. The number of hydrogen-bond donors (Lipinski definition) is 1. The van der Waals surface area contributed by atoms with Crippen molar-refractivity contribution in [1.82, 2.24) is 0 Å². The van der Waals surface area contributed by atoms with E-state index in [0.717, 1.165) is 4.48 Å². The Bertz CT molecular complexity index is 148. The lowest BCUT2D eigenvalue weighted by Crippen LogP contribution is -2.27. The van der Waals surface area contributed by atoms with Crippen molar-refractivity contribution in [2.75, 3.05) is 55.1 Å². The first-order valence-electron chi connectivity index (χ1n) is 4.84. The van der Waals surface area contributed by atoms with Crippen LogP contribution in [0, 0.1) is 0 Å². The molecule has 0 heterocycles. The van der Waals surface area contributed by atoms with Crippen molar-refractivity contribution in [3.63, 3.8) is 0 Å². The molecule has 0 atom stereocenters. The molecule has 15 heavy (non-hydrogen) atoms. The molecule has 0 saturated heterocycles. The summed E-state index contributed by atoms with van der Waals surface area (Å²) in [6.07, 6.45) is 0.0592. The lowest BCUT2D eigenvalue weighted by molar-refractivity contribution is -0.849. The molecule has 0 fully saturated rings. The van der Waals surface area contributed by atoms with Crippen LogP contribution in [0.25, 0.3) is 0 Å². The number of nitrogens with zero attached hydrogens (tertiary/aromatic N) is 1. The molecule has 0 radical (unpaired) electrons. The van der Waals surface area contributed by atoms with Gasteiger partial charge in [-0.05, 0) is 0 Å². The number of rotatable bonds is 6. The Kier molecular flexibility index (Phi) is 11.1. The minimum atomic E-state index is -0.836. The third-order valence-electron chi connectivity index (χ3n) is 0.892. The number of hydrogen-bond acceptors (Lipinski definition) is 3. The van der Waals surface area contributed by atoms with E-state index < -0.39 is 5.97 Å². The predicted molar refractivity (Wildman–Crippen MR) is 58.9 cm³/mol. The summed E-state index contributed by atoms with van der Waals surface area (Å²) in [5.74, 6) is -0.836. The quantitative estimate of drug-likeness (QED) is 0.523. The molecule has 0 spiro atoms. The maximum absolute atomic E-state index is 9.92. The molecule has 0 aromatic heterocycles. The van der Waals surface area contributed by atoms with Gasteiger partial charge in [0, 0.05) is 7.11 Å². The second-order valence-corrected chi connectivity index (χ2v) is 4.43. The van der Waals surface area contributed by atoms with Crippen LogP contribution < -0.4 is 0 Å². The highest BCUT2D eigenvalue weighted by Crippen LogP contribution is 1.82. The molecule has 0 unspecified atom stereocenters. The molecule has 0 aliphatic heterocycles. The zero-order chi connectivity index (χ0) is 12.3. The number of carboxylic acid groups (broad SMARTS) is 1. The van der Waals surface area contributed by atoms with Crippen molar-refractivity contribution < 1.29 is 23.9 Å². The first-order chi connectivity index (χ1) is 6.77. The van der Waals surface area contributed by atoms with E-state index in [2.05, 4.69) is 32.9 Å². The van der Waals surface area contributed by atoms with Crippen LogP contribution in [0.1, 0.15) is 6.42 Å². The summed E-state index contributed by atoms with van der Waals surface area (Å²) in [7, 11) is 10.1. The number of carbonyl (C=O) groups is 1. The van der Waals surface area contributed by atoms with Gasteiger partial charge in [-0.2, -0.15) is 0 Å². The number of ether oxygens (including phenoxy) is 2. The van der Waals surface area contributed by atoms with Gasteiger partial charge in [0.25, 0.3) is 0 Å². The van der Waals surface area contributed by atoms with E-state index in [-0.39, 0.29) is 13.0 Å². The van der Waals surface area contributed by atoms with Gasteiger partial charge in [0.15, 0.2) is 0 Å². The van der Waals surface area contributed by atoms with Gasteiger partial charge in [-0.1, -0.05) is 0 Å². The Hall–Kier alpha value is -0.650. The second-order valence-electron chi connectivity index (χ2n) is 4.43. The van der Waals surface area contributed by atoms with Crippen LogP contribution in [0.2, 0.25) is 0 Å². The number of aliphatic carboxylic acids is 1. The average Bonchev–Trinajstić information content (AvgIpc) is 2.00. The molecule has 1 N–H and O–H groups in total. The molecule has 0 bridgehead atoms. The molecular formula is C10H24NO4+. The van der Waals surface area contributed by atoms with E-state index >= 15 is 0 Å². The highest BCUT2D eigenvalue weighted by molar-refractivity contribution is 5.66. The molecule has 0 amide bonds. The van der Waals surface area contributed by atoms with Crippen LogP contribution in [0.5, 0.6) is 0 Å². The highest BCUT2D eigenvalue weighted by atomic mass is 16.5. The molecule has 0 saturated carbocycles. The monoisotopic (exact) mass is 222 g/mol. The third kappa shape index (κ3) is 42.7. The second kappa shape index (κ2) is 9.89. The largest absolute Gasteiger partial charge is 0.481 e. The topological polar surface area (TPSA) is 55.8 Å². The third-order valence-corrected chi connectivity index (χ3v) is 0.892. The average molecular weight is 222 g/mol. The van der Waals surface area contributed by atoms with E-state index in [9.17, 15) is 4.79 Å². The van der Waals surface area contributed by atoms with Crippen LogP contribution in [0.15, 0.2) is 0 Å². The highest BCUT2D eigenvalue weighted by Gasteiger charge is 1.94. The van der Waals surface area contributed by atoms with Gasteiger partial charge in [-0.25, -0.2) is 0 Å². The number of quaternary nitrogens is 1. The van der Waals surface area contributed by atoms with Crippen molar-refractivity contribution in [3.05, 3.63) is 0 Å². The zero-order valence-corrected chi connectivity index (χ0v) is 10.4. The van der Waals surface area contributed by atoms with Crippen LogP contribution in [0.3, 0.4) is 0 Å². The number of carboxylic acids is 1. The van der Waals surface area contributed by atoms with Gasteiger partial charge in [-0.3, -0.25) is 4.79 Å². The van der Waals surface area contributed by atoms with Crippen molar-refractivity contribution in [2.24, 2.45) is 0 Å². The molecule has 0 aromatic carbocycles. The molecule has 0 rings (SSSR count). The fraction of sp³-hybridized carbons (Fsp3) is 0.900. The van der Waals surface area contributed by atoms with Gasteiger partial charge < -0.3 is 19.1 Å². The summed E-state index contributed by atoms with van der Waals surface area (Å²) in [5, 5.41) is 8.16. The molecular weight excluding hydrogens is 198 g/mol. The van der Waals surface area contributed by atoms with E-state index in [1.54, 1.807) is 7.11 Å². The van der Waals surface area contributed by atoms with Crippen molar-refractivity contribution in [2.45, 2.75) is 6.42 Å². The first kappa shape index (κ1) is 16.8. The predicted octanol–water partition coefficient (Wildman–Crippen LogP) is 0.447. The van der Waals surface area contributed by atoms with Gasteiger partial charge in [0.05, 0.1) is 54.4 Å². The Morgan fingerprint density at radius 1 is 1.13 bits per heavy atom. The van der Waals surface area contributed by atoms with Gasteiger partial charge in [0.1, 0.15) is 0 Å². The van der Waals surface area contributed by atoms with E-state index in [1.807, 2.05) is 0 Å². The standard InChI is InChI=1S/C6H12O4.C4H12N/c1-9-4-5-10-3-2-6(7)8;1-5(2,3)4/h2-5H2,1H3,(H,7,8);1-4H3/q;+1. The summed E-state index contributed by atoms with van der Waals surface area (Å²) in [6, 6.07) is 0. The molecule has 92 valence electrons. The summed E-state index contributed by atoms with van der Waals surface area (Å²) in [5.41, 5.74) is 0. The molecule has 5 heteroatoms. The smallest absolute Gasteiger partial charge is 0.305 e. The molecule has 5 nitrogen and oxygen atoms in total. The number of methoxy groups -OCH3 is 1. The SMILES string of the molecule is COCCOCCC(=O)O.C[N+](C)(C)C. The molecule has 0 aliphatic carbocycles. The lowest BCUT2D eigenvalue weighted by atomic mass is 10.5. The Labute approximate surface area is 92.2 Å². The maximum atomic E-state index is 9.92. The fourth-order valence-electron chi connectivity index (χ4n) is 0.404. The zero-order valence-electron chi connectivity index (χ0n) is 10.4. The summed E-state index contributed by atoms with van der Waals surface area (Å²) >= 11 is 0. The van der Waals surface area contributed by atoms with Crippen molar-refractivity contribution >= 4 is 5.97 Å². The van der Waals surface area contributed by atoms with Gasteiger partial charge >= 0.3 is 5.97 Å². The van der Waals surface area contributed by atoms with Gasteiger partial charge in [-0.15, -0.1) is 0 Å². The normalized spacial score (nSPS) is 10.5. The molecule has 0 aromatic rings. The molecule has 0 aliphatic rings. The lowest BCUT2D eigenvalue weighted by Gasteiger charge is -2.14. The van der Waals surface area contributed by atoms with Gasteiger partial charge in [0.2, 0.25) is 0 Å². The van der Waals surface area contributed by atoms with E-state index in [4.69, 9.17) is 9.84 Å². The first-order valence-corrected chi connectivity index (χ1v) is 4.84. The van der Waals surface area contributed by atoms with Crippen LogP contribution in [-0.4, -0.2) is 70.7 Å². The van der Waals surface area contributed by atoms with E-state index in [1.165, 1.54) is 0 Å². The fourth-order valence-corrected chi connectivity index (χ4v) is 0.404. The summed E-state index contributed by atoms with van der Waals surface area (Å²) in [6.45, 7) is 1.24. The Morgan fingerprint density at radius 2 is 1.60 bits per heavy atom. The minimum absolute atomic E-state index is 0.0592. The summed E-state index contributed by atoms with van der Waals surface area (Å²) in [4.78, 5) is 9.92. The minimum Gasteiger partial charge on any atom is -0.481 e. The van der Waals surface area contributed by atoms with Crippen molar-refractivity contribution in [3.8, 4) is 0 Å². The van der Waals surface area contributed by atoms with Crippen LogP contribution in [-0.2, 0) is 14.3 Å². The van der Waals surface area contributed by atoms with Crippen LogP contribution >= 0.6 is 0 Å². The van der Waals surface area contributed by atoms with E-state index in [0.29, 0.717) is 13.2 Å². The maximum Gasteiger partial charge on any atom is 0.305 e. The summed E-state index contributed by atoms with van der Waals surface area (Å²) < 4.78 is 10.6. The van der Waals surface area contributed by atoms with Crippen molar-refractivity contribution in [1.29, 1.82) is 0 Å². The Balaban J connectivity index is 0.